The first-order valence-electron chi connectivity index (χ1n) is 7.07. The van der Waals surface area contributed by atoms with E-state index in [-0.39, 0.29) is 5.41 Å². The average Bonchev–Trinajstić information content (AvgIpc) is 3.04. The lowest BCUT2D eigenvalue weighted by Gasteiger charge is -2.51. The van der Waals surface area contributed by atoms with E-state index in [1.165, 1.54) is 25.7 Å². The first-order valence-corrected chi connectivity index (χ1v) is 7.07. The van der Waals surface area contributed by atoms with E-state index in [1.54, 1.807) is 0 Å². The van der Waals surface area contributed by atoms with Gasteiger partial charge >= 0.3 is 0 Å². The predicted octanol–water partition coefficient (Wildman–Crippen LogP) is 3.53. The summed E-state index contributed by atoms with van der Waals surface area (Å²) in [6.45, 7) is 0.294. The topological polar surface area (TPSA) is 42.2 Å². The molecule has 4 rings (SSSR count). The molecule has 1 aromatic rings. The van der Waals surface area contributed by atoms with Crippen molar-refractivity contribution in [3.8, 4) is 17.6 Å². The molecule has 0 atom stereocenters. The van der Waals surface area contributed by atoms with E-state index < -0.39 is 0 Å². The summed E-state index contributed by atoms with van der Waals surface area (Å²) in [7, 11) is 0. The summed E-state index contributed by atoms with van der Waals surface area (Å²) < 4.78 is 10.8. The largest absolute Gasteiger partial charge is 0.454 e. The number of ether oxygens (including phenoxy) is 2. The van der Waals surface area contributed by atoms with Crippen LogP contribution in [-0.4, -0.2) is 6.79 Å². The first kappa shape index (κ1) is 11.2. The molecule has 3 heteroatoms. The zero-order chi connectivity index (χ0) is 12.9. The summed E-state index contributed by atoms with van der Waals surface area (Å²) in [5.41, 5.74) is 1.29. The second-order valence-corrected chi connectivity index (χ2v) is 6.32. The van der Waals surface area contributed by atoms with Crippen LogP contribution in [0.3, 0.4) is 0 Å². The molecule has 19 heavy (non-hydrogen) atoms. The van der Waals surface area contributed by atoms with Crippen molar-refractivity contribution in [1.29, 1.82) is 5.26 Å². The van der Waals surface area contributed by atoms with Crippen LogP contribution >= 0.6 is 0 Å². The maximum absolute atomic E-state index is 9.66. The fraction of sp³-hybridized carbons (Fsp3) is 0.562. The van der Waals surface area contributed by atoms with Crippen molar-refractivity contribution in [3.63, 3.8) is 0 Å². The second-order valence-electron chi connectivity index (χ2n) is 6.32. The summed E-state index contributed by atoms with van der Waals surface area (Å²) in [6.07, 6.45) is 7.33. The number of nitriles is 1. The number of benzene rings is 1. The van der Waals surface area contributed by atoms with Gasteiger partial charge in [0.25, 0.3) is 0 Å². The van der Waals surface area contributed by atoms with Crippen molar-refractivity contribution in [3.05, 3.63) is 23.8 Å². The van der Waals surface area contributed by atoms with Gasteiger partial charge in [0.15, 0.2) is 11.5 Å². The van der Waals surface area contributed by atoms with Crippen LogP contribution in [0, 0.1) is 16.7 Å². The van der Waals surface area contributed by atoms with Crippen LogP contribution in [0.25, 0.3) is 0 Å². The van der Waals surface area contributed by atoms with Gasteiger partial charge in [-0.1, -0.05) is 18.9 Å². The van der Waals surface area contributed by atoms with Crippen LogP contribution in [0.4, 0.5) is 0 Å². The second kappa shape index (κ2) is 3.66. The zero-order valence-corrected chi connectivity index (χ0v) is 10.9. The third-order valence-electron chi connectivity index (χ3n) is 5.16. The van der Waals surface area contributed by atoms with Gasteiger partial charge in [0.2, 0.25) is 6.79 Å². The summed E-state index contributed by atoms with van der Waals surface area (Å²) in [4.78, 5) is 0. The van der Waals surface area contributed by atoms with Gasteiger partial charge in [0.05, 0.1) is 11.5 Å². The van der Waals surface area contributed by atoms with Crippen LogP contribution in [0.2, 0.25) is 0 Å². The summed E-state index contributed by atoms with van der Waals surface area (Å²) in [6, 6.07) is 8.57. The minimum absolute atomic E-state index is 0.286. The number of hydrogen-bond donors (Lipinski definition) is 0. The molecule has 0 saturated heterocycles. The molecule has 1 aromatic carbocycles. The monoisotopic (exact) mass is 255 g/mol. The highest BCUT2D eigenvalue weighted by Gasteiger charge is 2.56. The molecule has 0 bridgehead atoms. The van der Waals surface area contributed by atoms with Crippen molar-refractivity contribution < 1.29 is 9.47 Å². The third-order valence-corrected chi connectivity index (χ3v) is 5.16. The number of hydrogen-bond acceptors (Lipinski definition) is 3. The quantitative estimate of drug-likeness (QED) is 0.771. The SMILES string of the molecule is N#CC1(c2ccc3c(c2)OCO3)CC2(CCCC2)C1. The van der Waals surface area contributed by atoms with E-state index in [1.807, 2.05) is 18.2 Å². The molecule has 2 saturated carbocycles. The zero-order valence-electron chi connectivity index (χ0n) is 10.9. The lowest BCUT2D eigenvalue weighted by molar-refractivity contribution is 0.0647. The van der Waals surface area contributed by atoms with Crippen molar-refractivity contribution in [2.75, 3.05) is 6.79 Å². The van der Waals surface area contributed by atoms with Gasteiger partial charge in [0.1, 0.15) is 0 Å². The van der Waals surface area contributed by atoms with E-state index in [4.69, 9.17) is 9.47 Å². The molecule has 0 unspecified atom stereocenters. The van der Waals surface area contributed by atoms with Crippen LogP contribution in [0.1, 0.15) is 44.1 Å². The Bertz CT molecular complexity index is 559. The molecule has 0 radical (unpaired) electrons. The first-order chi connectivity index (χ1) is 9.25. The van der Waals surface area contributed by atoms with Crippen LogP contribution in [0.5, 0.6) is 11.5 Å². The number of fused-ring (bicyclic) bond motifs is 1. The fourth-order valence-electron chi connectivity index (χ4n) is 4.25. The Morgan fingerprint density at radius 2 is 1.79 bits per heavy atom. The van der Waals surface area contributed by atoms with Crippen molar-refractivity contribution >= 4 is 0 Å². The Morgan fingerprint density at radius 1 is 1.05 bits per heavy atom. The van der Waals surface area contributed by atoms with E-state index >= 15 is 0 Å². The van der Waals surface area contributed by atoms with Crippen LogP contribution in [0.15, 0.2) is 18.2 Å². The summed E-state index contributed by atoms with van der Waals surface area (Å²) >= 11 is 0. The van der Waals surface area contributed by atoms with E-state index in [9.17, 15) is 5.26 Å². The molecule has 98 valence electrons. The highest BCUT2D eigenvalue weighted by molar-refractivity contribution is 5.49. The van der Waals surface area contributed by atoms with E-state index in [2.05, 4.69) is 6.07 Å². The molecule has 3 nitrogen and oxygen atoms in total. The minimum Gasteiger partial charge on any atom is -0.454 e. The lowest BCUT2D eigenvalue weighted by atomic mass is 9.50. The lowest BCUT2D eigenvalue weighted by Crippen LogP contribution is -2.47. The van der Waals surface area contributed by atoms with Crippen LogP contribution in [-0.2, 0) is 5.41 Å². The van der Waals surface area contributed by atoms with E-state index in [0.29, 0.717) is 12.2 Å². The van der Waals surface area contributed by atoms with Gasteiger partial charge < -0.3 is 9.47 Å². The van der Waals surface area contributed by atoms with Gasteiger partial charge in [-0.25, -0.2) is 0 Å². The molecule has 1 spiro atoms. The normalized spacial score (nSPS) is 25.0. The number of rotatable bonds is 1. The molecule has 0 aromatic heterocycles. The average molecular weight is 255 g/mol. The van der Waals surface area contributed by atoms with Crippen LogP contribution < -0.4 is 9.47 Å². The Morgan fingerprint density at radius 3 is 2.53 bits per heavy atom. The van der Waals surface area contributed by atoms with Gasteiger partial charge in [-0.2, -0.15) is 5.26 Å². The standard InChI is InChI=1S/C16H17NO2/c17-10-16(8-15(9-16)5-1-2-6-15)12-3-4-13-14(7-12)19-11-18-13/h3-4,7H,1-2,5-6,8-9,11H2. The van der Waals surface area contributed by atoms with Gasteiger partial charge in [-0.15, -0.1) is 0 Å². The maximum Gasteiger partial charge on any atom is 0.231 e. The minimum atomic E-state index is -0.286. The summed E-state index contributed by atoms with van der Waals surface area (Å²) in [5.74, 6) is 1.59. The Kier molecular flexibility index (Phi) is 2.15. The molecular formula is C16H17NO2. The smallest absolute Gasteiger partial charge is 0.231 e. The molecule has 3 aliphatic rings. The van der Waals surface area contributed by atoms with Gasteiger partial charge in [-0.3, -0.25) is 0 Å². The highest BCUT2D eigenvalue weighted by atomic mass is 16.7. The Labute approximate surface area is 113 Å². The molecular weight excluding hydrogens is 238 g/mol. The van der Waals surface area contributed by atoms with Crippen molar-refractivity contribution in [1.82, 2.24) is 0 Å². The summed E-state index contributed by atoms with van der Waals surface area (Å²) in [5, 5.41) is 9.66. The molecule has 0 N–H and O–H groups in total. The molecule has 0 amide bonds. The third kappa shape index (κ3) is 1.49. The highest BCUT2D eigenvalue weighted by Crippen LogP contribution is 2.63. The fourth-order valence-corrected chi connectivity index (χ4v) is 4.25. The maximum atomic E-state index is 9.66. The van der Waals surface area contributed by atoms with E-state index in [0.717, 1.165) is 29.9 Å². The van der Waals surface area contributed by atoms with Crippen molar-refractivity contribution in [2.45, 2.75) is 43.9 Å². The van der Waals surface area contributed by atoms with Gasteiger partial charge in [0, 0.05) is 0 Å². The predicted molar refractivity (Wildman–Crippen MR) is 70.0 cm³/mol. The van der Waals surface area contributed by atoms with Crippen molar-refractivity contribution in [2.24, 2.45) is 5.41 Å². The molecule has 2 aliphatic carbocycles. The molecule has 2 fully saturated rings. The Hall–Kier alpha value is -1.69. The molecule has 1 heterocycles. The molecule has 1 aliphatic heterocycles. The Balaban J connectivity index is 1.66. The van der Waals surface area contributed by atoms with Gasteiger partial charge in [-0.05, 0) is 48.8 Å². The number of nitrogens with zero attached hydrogens (tertiary/aromatic N) is 1.